The lowest BCUT2D eigenvalue weighted by molar-refractivity contribution is 0.289. The second-order valence-electron chi connectivity index (χ2n) is 3.75. The Labute approximate surface area is 105 Å². The third-order valence-electron chi connectivity index (χ3n) is 2.53. The molecule has 0 saturated heterocycles. The van der Waals surface area contributed by atoms with E-state index in [1.807, 2.05) is 17.8 Å². The van der Waals surface area contributed by atoms with Crippen molar-refractivity contribution in [1.82, 2.24) is 9.55 Å². The number of aromatic nitrogens is 2. The minimum absolute atomic E-state index is 0.349. The van der Waals surface area contributed by atoms with Crippen molar-refractivity contribution in [2.45, 2.75) is 6.61 Å². The fourth-order valence-corrected chi connectivity index (χ4v) is 1.52. The first-order valence-corrected chi connectivity index (χ1v) is 5.41. The summed E-state index contributed by atoms with van der Waals surface area (Å²) in [6, 6.07) is 7.14. The van der Waals surface area contributed by atoms with E-state index in [2.05, 4.69) is 11.1 Å². The number of rotatable bonds is 4. The quantitative estimate of drug-likeness (QED) is 0.822. The third kappa shape index (κ3) is 2.61. The lowest BCUT2D eigenvalue weighted by Gasteiger charge is -2.08. The topological polar surface area (TPSA) is 60.1 Å². The third-order valence-corrected chi connectivity index (χ3v) is 2.53. The predicted octanol–water partition coefficient (Wildman–Crippen LogP) is 1.88. The summed E-state index contributed by atoms with van der Waals surface area (Å²) < 4.78 is 12.6. The van der Waals surface area contributed by atoms with Gasteiger partial charge in [-0.25, -0.2) is 4.98 Å². The predicted molar refractivity (Wildman–Crippen MR) is 65.2 cm³/mol. The summed E-state index contributed by atoms with van der Waals surface area (Å²) in [5.41, 5.74) is 0.504. The van der Waals surface area contributed by atoms with Gasteiger partial charge in [0, 0.05) is 25.5 Å². The zero-order valence-corrected chi connectivity index (χ0v) is 10.3. The molecule has 1 aromatic carbocycles. The van der Waals surface area contributed by atoms with Crippen molar-refractivity contribution >= 4 is 0 Å². The Hall–Kier alpha value is -2.48. The molecule has 0 radical (unpaired) electrons. The first-order valence-electron chi connectivity index (χ1n) is 5.41. The number of nitriles is 1. The van der Waals surface area contributed by atoms with Gasteiger partial charge < -0.3 is 14.0 Å². The van der Waals surface area contributed by atoms with Crippen LogP contribution < -0.4 is 9.47 Å². The van der Waals surface area contributed by atoms with Crippen molar-refractivity contribution in [2.24, 2.45) is 7.05 Å². The van der Waals surface area contributed by atoms with E-state index in [9.17, 15) is 0 Å². The van der Waals surface area contributed by atoms with E-state index in [-0.39, 0.29) is 0 Å². The molecule has 0 aliphatic heterocycles. The molecule has 0 bridgehead atoms. The van der Waals surface area contributed by atoms with E-state index < -0.39 is 0 Å². The first-order chi connectivity index (χ1) is 8.72. The molecule has 2 aromatic rings. The lowest BCUT2D eigenvalue weighted by Crippen LogP contribution is -2.03. The first kappa shape index (κ1) is 12.0. The van der Waals surface area contributed by atoms with Gasteiger partial charge in [0.2, 0.25) is 0 Å². The summed E-state index contributed by atoms with van der Waals surface area (Å²) in [7, 11) is 3.46. The Morgan fingerprint density at radius 2 is 2.11 bits per heavy atom. The number of imidazole rings is 1. The van der Waals surface area contributed by atoms with Crippen LogP contribution in [-0.4, -0.2) is 16.7 Å². The highest BCUT2D eigenvalue weighted by Gasteiger charge is 2.04. The molecule has 0 saturated carbocycles. The molecule has 0 amide bonds. The average molecular weight is 243 g/mol. The van der Waals surface area contributed by atoms with E-state index >= 15 is 0 Å². The number of hydrogen-bond acceptors (Lipinski definition) is 4. The van der Waals surface area contributed by atoms with E-state index in [4.69, 9.17) is 14.7 Å². The second-order valence-corrected chi connectivity index (χ2v) is 3.75. The highest BCUT2D eigenvalue weighted by atomic mass is 16.5. The monoisotopic (exact) mass is 243 g/mol. The molecule has 1 heterocycles. The van der Waals surface area contributed by atoms with Crippen molar-refractivity contribution in [3.05, 3.63) is 42.0 Å². The van der Waals surface area contributed by atoms with Crippen LogP contribution in [0.5, 0.6) is 11.5 Å². The van der Waals surface area contributed by atoms with Gasteiger partial charge in [0.05, 0.1) is 18.7 Å². The van der Waals surface area contributed by atoms with Crippen molar-refractivity contribution in [1.29, 1.82) is 5.26 Å². The lowest BCUT2D eigenvalue weighted by atomic mass is 10.2. The zero-order chi connectivity index (χ0) is 13.0. The van der Waals surface area contributed by atoms with Crippen LogP contribution in [0.1, 0.15) is 11.4 Å². The van der Waals surface area contributed by atoms with Gasteiger partial charge in [-0.15, -0.1) is 0 Å². The van der Waals surface area contributed by atoms with Gasteiger partial charge in [0.1, 0.15) is 23.9 Å². The molecule has 5 heteroatoms. The molecule has 0 atom stereocenters. The highest BCUT2D eigenvalue weighted by molar-refractivity contribution is 5.43. The standard InChI is InChI=1S/C13H13N3O2/c1-16-4-3-15-13(16)9-18-12-6-10(8-14)5-11(7-12)17-2/h3-7H,9H2,1-2H3. The van der Waals surface area contributed by atoms with Crippen LogP contribution in [0.4, 0.5) is 0 Å². The zero-order valence-electron chi connectivity index (χ0n) is 10.3. The van der Waals surface area contributed by atoms with Crippen LogP contribution in [0.15, 0.2) is 30.6 Å². The van der Waals surface area contributed by atoms with Gasteiger partial charge in [-0.2, -0.15) is 5.26 Å². The van der Waals surface area contributed by atoms with Gasteiger partial charge in [0.15, 0.2) is 0 Å². The van der Waals surface area contributed by atoms with Gasteiger partial charge >= 0.3 is 0 Å². The molecule has 0 fully saturated rings. The van der Waals surface area contributed by atoms with E-state index in [1.54, 1.807) is 31.5 Å². The molecule has 5 nitrogen and oxygen atoms in total. The molecular formula is C13H13N3O2. The van der Waals surface area contributed by atoms with Crippen LogP contribution in [0, 0.1) is 11.3 Å². The number of ether oxygens (including phenoxy) is 2. The Morgan fingerprint density at radius 3 is 2.72 bits per heavy atom. The number of benzene rings is 1. The largest absolute Gasteiger partial charge is 0.497 e. The maximum absolute atomic E-state index is 8.90. The summed E-state index contributed by atoms with van der Waals surface area (Å²) in [6.07, 6.45) is 3.57. The number of hydrogen-bond donors (Lipinski definition) is 0. The molecule has 0 unspecified atom stereocenters. The molecular weight excluding hydrogens is 230 g/mol. The summed E-state index contributed by atoms with van der Waals surface area (Å²) in [4.78, 5) is 4.16. The van der Waals surface area contributed by atoms with Crippen molar-refractivity contribution < 1.29 is 9.47 Å². The Bertz CT molecular complexity index is 584. The van der Waals surface area contributed by atoms with Crippen LogP contribution >= 0.6 is 0 Å². The maximum atomic E-state index is 8.90. The number of aryl methyl sites for hydroxylation is 1. The smallest absolute Gasteiger partial charge is 0.146 e. The number of nitrogens with zero attached hydrogens (tertiary/aromatic N) is 3. The molecule has 2 rings (SSSR count). The average Bonchev–Trinajstić information content (AvgIpc) is 2.81. The number of methoxy groups -OCH3 is 1. The summed E-state index contributed by atoms with van der Waals surface area (Å²) in [6.45, 7) is 0.349. The van der Waals surface area contributed by atoms with Crippen molar-refractivity contribution in [3.8, 4) is 17.6 Å². The van der Waals surface area contributed by atoms with E-state index in [1.165, 1.54) is 0 Å². The molecule has 92 valence electrons. The van der Waals surface area contributed by atoms with Gasteiger partial charge in [0.25, 0.3) is 0 Å². The molecule has 1 aromatic heterocycles. The van der Waals surface area contributed by atoms with Crippen LogP contribution in [0.3, 0.4) is 0 Å². The Balaban J connectivity index is 2.14. The van der Waals surface area contributed by atoms with E-state index in [0.29, 0.717) is 23.7 Å². The molecule has 0 aliphatic rings. The second kappa shape index (κ2) is 5.23. The van der Waals surface area contributed by atoms with E-state index in [0.717, 1.165) is 5.82 Å². The minimum Gasteiger partial charge on any atom is -0.497 e. The highest BCUT2D eigenvalue weighted by Crippen LogP contribution is 2.22. The SMILES string of the molecule is COc1cc(C#N)cc(OCc2nccn2C)c1. The Kier molecular flexibility index (Phi) is 3.49. The normalized spacial score (nSPS) is 9.83. The van der Waals surface area contributed by atoms with Gasteiger partial charge in [-0.05, 0) is 12.1 Å². The summed E-state index contributed by atoms with van der Waals surface area (Å²) >= 11 is 0. The fraction of sp³-hybridized carbons (Fsp3) is 0.231. The fourth-order valence-electron chi connectivity index (χ4n) is 1.52. The summed E-state index contributed by atoms with van der Waals surface area (Å²) in [5.74, 6) is 2.01. The maximum Gasteiger partial charge on any atom is 0.146 e. The van der Waals surface area contributed by atoms with Crippen molar-refractivity contribution in [2.75, 3.05) is 7.11 Å². The van der Waals surface area contributed by atoms with Crippen LogP contribution in [0.25, 0.3) is 0 Å². The molecule has 0 aliphatic carbocycles. The molecule has 18 heavy (non-hydrogen) atoms. The van der Waals surface area contributed by atoms with Crippen molar-refractivity contribution in [3.63, 3.8) is 0 Å². The summed E-state index contributed by atoms with van der Waals surface area (Å²) in [5, 5.41) is 8.90. The van der Waals surface area contributed by atoms with Crippen LogP contribution in [0.2, 0.25) is 0 Å². The Morgan fingerprint density at radius 1 is 1.33 bits per heavy atom. The van der Waals surface area contributed by atoms with Gasteiger partial charge in [-0.3, -0.25) is 0 Å². The van der Waals surface area contributed by atoms with Crippen LogP contribution in [-0.2, 0) is 13.7 Å². The minimum atomic E-state index is 0.349. The van der Waals surface area contributed by atoms with Gasteiger partial charge in [-0.1, -0.05) is 0 Å². The molecule has 0 N–H and O–H groups in total. The molecule has 0 spiro atoms.